The van der Waals surface area contributed by atoms with Crippen LogP contribution in [0.25, 0.3) is 0 Å². The summed E-state index contributed by atoms with van der Waals surface area (Å²) in [5.41, 5.74) is 1.93. The monoisotopic (exact) mass is 603 g/mol. The van der Waals surface area contributed by atoms with Crippen molar-refractivity contribution in [3.8, 4) is 0 Å². The molecule has 2 aromatic carbocycles. The van der Waals surface area contributed by atoms with Gasteiger partial charge in [0, 0.05) is 0 Å². The topological polar surface area (TPSA) is 38.7 Å². The van der Waals surface area contributed by atoms with E-state index in [9.17, 15) is 4.79 Å². The van der Waals surface area contributed by atoms with Crippen LogP contribution >= 0.6 is 0 Å². The van der Waals surface area contributed by atoms with Gasteiger partial charge < -0.3 is 0 Å². The first-order valence-electron chi connectivity index (χ1n) is 10.2. The molecule has 3 aliphatic heterocycles. The standard InChI is InChI=1S/C18H11NO2.6CH3.2Sn/c20-17-15-11-12-18(21-17,14-9-5-2-6-10-14)19-16(15)13-7-3-1-4-8-13;;;;;;;;/h1-10,15H;6*1H3;;. The summed E-state index contributed by atoms with van der Waals surface area (Å²) in [6.07, 6.45) is 0. The number of esters is 1. The van der Waals surface area contributed by atoms with Gasteiger partial charge in [0.2, 0.25) is 0 Å². The zero-order valence-electron chi connectivity index (χ0n) is 18.1. The van der Waals surface area contributed by atoms with Gasteiger partial charge in [-0.2, -0.15) is 0 Å². The average molecular weight is 601 g/mol. The van der Waals surface area contributed by atoms with Gasteiger partial charge in [-0.15, -0.1) is 0 Å². The molecule has 0 N–H and O–H groups in total. The van der Waals surface area contributed by atoms with Gasteiger partial charge in [0.15, 0.2) is 0 Å². The van der Waals surface area contributed by atoms with E-state index in [-0.39, 0.29) is 11.9 Å². The van der Waals surface area contributed by atoms with Gasteiger partial charge in [0.1, 0.15) is 0 Å². The minimum absolute atomic E-state index is 0.122. The van der Waals surface area contributed by atoms with E-state index in [0.29, 0.717) is 0 Å². The number of ether oxygens (including phenoxy) is 1. The molecule has 2 aromatic rings. The molecule has 0 radical (unpaired) electrons. The summed E-state index contributed by atoms with van der Waals surface area (Å²) in [6, 6.07) is 20.4. The first kappa shape index (κ1) is 21.2. The normalized spacial score (nSPS) is 24.4. The van der Waals surface area contributed by atoms with Crippen molar-refractivity contribution >= 4 is 48.4 Å². The third kappa shape index (κ3) is 3.52. The first-order valence-corrected chi connectivity index (χ1v) is 30.2. The summed E-state index contributed by atoms with van der Waals surface area (Å²) >= 11 is -5.40. The van der Waals surface area contributed by atoms with Crippen molar-refractivity contribution in [2.24, 2.45) is 10.9 Å². The van der Waals surface area contributed by atoms with Gasteiger partial charge in [-0.1, -0.05) is 0 Å². The summed E-state index contributed by atoms with van der Waals surface area (Å²) in [7, 11) is 0. The van der Waals surface area contributed by atoms with Crippen molar-refractivity contribution in [3.05, 3.63) is 79.0 Å². The number of benzene rings is 2. The predicted molar refractivity (Wildman–Crippen MR) is 124 cm³/mol. The Hall–Kier alpha value is -1.08. The summed E-state index contributed by atoms with van der Waals surface area (Å²) in [4.78, 5) is 33.3. The Kier molecular flexibility index (Phi) is 5.29. The number of aliphatic imine (C=N–C) groups is 1. The molecule has 0 amide bonds. The third-order valence-electron chi connectivity index (χ3n) is 5.72. The van der Waals surface area contributed by atoms with Crippen LogP contribution in [0.2, 0.25) is 29.6 Å². The van der Waals surface area contributed by atoms with E-state index in [2.05, 4.69) is 53.9 Å². The van der Waals surface area contributed by atoms with Gasteiger partial charge >= 0.3 is 183 Å². The zero-order valence-corrected chi connectivity index (χ0v) is 23.8. The second-order valence-electron chi connectivity index (χ2n) is 10.0. The zero-order chi connectivity index (χ0) is 21.0. The molecule has 0 aromatic heterocycles. The number of fused-ring (bicyclic) bond motifs is 1. The third-order valence-corrected chi connectivity index (χ3v) is 19.9. The fraction of sp³-hybridized carbons (Fsp3) is 0.333. The molecule has 3 nitrogen and oxygen atoms in total. The molecule has 2 unspecified atom stereocenters. The van der Waals surface area contributed by atoms with E-state index in [0.717, 1.165) is 16.8 Å². The molecule has 3 aliphatic rings. The van der Waals surface area contributed by atoms with E-state index in [4.69, 9.17) is 9.73 Å². The number of rotatable bonds is 4. The fourth-order valence-electron chi connectivity index (χ4n) is 4.75. The Labute approximate surface area is 182 Å². The van der Waals surface area contributed by atoms with Crippen molar-refractivity contribution < 1.29 is 9.53 Å². The second-order valence-corrected chi connectivity index (χ2v) is 38.7. The number of carbonyl (C=O) groups excluding carboxylic acids is 1. The fourth-order valence-corrected chi connectivity index (χ4v) is 31.3. The molecule has 2 atom stereocenters. The second kappa shape index (κ2) is 7.26. The van der Waals surface area contributed by atoms with Crippen LogP contribution in [0.15, 0.2) is 72.8 Å². The van der Waals surface area contributed by atoms with Crippen molar-refractivity contribution in [2.45, 2.75) is 35.4 Å². The van der Waals surface area contributed by atoms with E-state index < -0.39 is 42.5 Å². The first-order chi connectivity index (χ1) is 13.6. The molecule has 2 bridgehead atoms. The van der Waals surface area contributed by atoms with Crippen LogP contribution in [-0.4, -0.2) is 48.4 Å². The van der Waals surface area contributed by atoms with Gasteiger partial charge in [-0.3, -0.25) is 0 Å². The van der Waals surface area contributed by atoms with E-state index in [1.54, 1.807) is 0 Å². The number of nitrogens with zero attached hydrogens (tertiary/aromatic N) is 1. The number of hydrogen-bond acceptors (Lipinski definition) is 3. The van der Waals surface area contributed by atoms with Crippen molar-refractivity contribution in [2.75, 3.05) is 0 Å². The molecule has 0 spiro atoms. The van der Waals surface area contributed by atoms with Gasteiger partial charge in [-0.25, -0.2) is 0 Å². The van der Waals surface area contributed by atoms with Crippen LogP contribution in [0.3, 0.4) is 0 Å². The number of dihydropyridines is 1. The Balaban J connectivity index is 2.12. The molecular formula is C24H29NO2Sn2. The van der Waals surface area contributed by atoms with E-state index >= 15 is 0 Å². The Morgan fingerprint density at radius 2 is 1.38 bits per heavy atom. The van der Waals surface area contributed by atoms with E-state index in [1.807, 2.05) is 36.4 Å². The average Bonchev–Trinajstić information content (AvgIpc) is 2.67. The van der Waals surface area contributed by atoms with Crippen LogP contribution in [0.1, 0.15) is 11.1 Å². The van der Waals surface area contributed by atoms with Crippen molar-refractivity contribution in [1.29, 1.82) is 0 Å². The maximum atomic E-state index is 13.5. The summed E-state index contributed by atoms with van der Waals surface area (Å²) in [6.45, 7) is 0. The predicted octanol–water partition coefficient (Wildman–Crippen LogP) is 5.57. The summed E-state index contributed by atoms with van der Waals surface area (Å²) in [5, 5.41) is 0. The molecule has 0 fully saturated rings. The molecule has 0 aliphatic carbocycles. The molecule has 0 saturated carbocycles. The molecule has 0 saturated heterocycles. The molecular weight excluding hydrogens is 572 g/mol. The Morgan fingerprint density at radius 1 is 0.828 bits per heavy atom. The summed E-state index contributed by atoms with van der Waals surface area (Å²) < 4.78 is 9.13. The van der Waals surface area contributed by atoms with Crippen molar-refractivity contribution in [1.82, 2.24) is 0 Å². The Bertz CT molecular complexity index is 1010. The molecule has 150 valence electrons. The number of hydrogen-bond donors (Lipinski definition) is 0. The van der Waals surface area contributed by atoms with Crippen LogP contribution in [0.5, 0.6) is 0 Å². The van der Waals surface area contributed by atoms with E-state index in [1.165, 1.54) is 7.18 Å². The van der Waals surface area contributed by atoms with Crippen molar-refractivity contribution in [3.63, 3.8) is 0 Å². The summed E-state index contributed by atoms with van der Waals surface area (Å²) in [5.74, 6) is -0.451. The van der Waals surface area contributed by atoms with Gasteiger partial charge in [0.25, 0.3) is 0 Å². The minimum atomic E-state index is -2.71. The van der Waals surface area contributed by atoms with Crippen LogP contribution in [-0.2, 0) is 15.3 Å². The van der Waals surface area contributed by atoms with Gasteiger partial charge in [-0.05, 0) is 0 Å². The Morgan fingerprint density at radius 3 is 1.90 bits per heavy atom. The molecule has 5 rings (SSSR count). The number of carbonyl (C=O) groups is 1. The quantitative estimate of drug-likeness (QED) is 0.340. The SMILES string of the molecule is [CH3][Sn]([CH3])([CH3])[C]1=[C]([Sn]([CH3])([CH3])[CH3])C2(c3ccccc3)N=C(c3ccccc3)C1C(=O)O2. The molecule has 5 heteroatoms. The maximum absolute atomic E-state index is 13.5. The van der Waals surface area contributed by atoms with Gasteiger partial charge in [0.05, 0.1) is 0 Å². The molecule has 29 heavy (non-hydrogen) atoms. The van der Waals surface area contributed by atoms with Crippen LogP contribution in [0, 0.1) is 5.92 Å². The van der Waals surface area contributed by atoms with Crippen LogP contribution in [0.4, 0.5) is 0 Å². The molecule has 3 heterocycles. The van der Waals surface area contributed by atoms with Crippen LogP contribution < -0.4 is 0 Å².